The van der Waals surface area contributed by atoms with E-state index >= 15 is 0 Å². The normalized spacial score (nSPS) is 20.6. The molecular weight excluding hydrogens is 192 g/mol. The monoisotopic (exact) mass is 198 g/mol. The summed E-state index contributed by atoms with van der Waals surface area (Å²) in [6.45, 7) is 0. The van der Waals surface area contributed by atoms with Gasteiger partial charge in [0.25, 0.3) is 0 Å². The summed E-state index contributed by atoms with van der Waals surface area (Å²) in [5.41, 5.74) is 1.24. The Morgan fingerprint density at radius 1 is 1.67 bits per heavy atom. The number of hydrogen-bond acceptors (Lipinski definition) is 2. The highest BCUT2D eigenvalue weighted by molar-refractivity contribution is 7.11. The summed E-state index contributed by atoms with van der Waals surface area (Å²) in [7, 11) is 0. The second-order valence-corrected chi connectivity index (χ2v) is 4.10. The molecule has 0 radical (unpaired) electrons. The quantitative estimate of drug-likeness (QED) is 0.635. The molecule has 3 heteroatoms. The molecule has 0 amide bonds. The molecule has 0 aliphatic heterocycles. The van der Waals surface area contributed by atoms with Gasteiger partial charge >= 0.3 is 0 Å². The van der Waals surface area contributed by atoms with Crippen molar-refractivity contribution in [2.75, 3.05) is 0 Å². The van der Waals surface area contributed by atoms with Crippen LogP contribution in [0.1, 0.15) is 10.4 Å². The second kappa shape index (κ2) is 3.04. The van der Waals surface area contributed by atoms with Crippen LogP contribution < -0.4 is 0 Å². The van der Waals surface area contributed by atoms with Crippen LogP contribution in [0, 0.1) is 5.92 Å². The molecule has 62 valence electrons. The molecule has 1 aliphatic rings. The number of rotatable bonds is 1. The highest BCUT2D eigenvalue weighted by Crippen LogP contribution is 2.28. The SMILES string of the molecule is O=C(Cl)C1C=Cc2sccc2C1. The molecule has 0 saturated carbocycles. The lowest BCUT2D eigenvalue weighted by atomic mass is 9.96. The van der Waals surface area contributed by atoms with Gasteiger partial charge in [-0.05, 0) is 41.1 Å². The maximum atomic E-state index is 10.8. The molecule has 0 N–H and O–H groups in total. The fraction of sp³-hybridized carbons (Fsp3) is 0.222. The Balaban J connectivity index is 2.30. The largest absolute Gasteiger partial charge is 0.281 e. The maximum absolute atomic E-state index is 10.8. The first-order valence-electron chi connectivity index (χ1n) is 3.71. The van der Waals surface area contributed by atoms with Crippen molar-refractivity contribution in [3.05, 3.63) is 28.0 Å². The standard InChI is InChI=1S/C9H7ClOS/c10-9(11)7-1-2-8-6(5-7)3-4-12-8/h1-4,7H,5H2. The Morgan fingerprint density at radius 2 is 2.50 bits per heavy atom. The van der Waals surface area contributed by atoms with E-state index in [1.54, 1.807) is 11.3 Å². The minimum absolute atomic E-state index is 0.117. The molecule has 0 aromatic carbocycles. The topological polar surface area (TPSA) is 17.1 Å². The molecule has 1 heterocycles. The molecule has 2 rings (SSSR count). The third kappa shape index (κ3) is 1.32. The van der Waals surface area contributed by atoms with E-state index in [1.165, 1.54) is 10.4 Å². The Hall–Kier alpha value is -0.600. The zero-order valence-electron chi connectivity index (χ0n) is 6.29. The first-order chi connectivity index (χ1) is 5.77. The number of fused-ring (bicyclic) bond motifs is 1. The Bertz CT molecular complexity index is 340. The van der Waals surface area contributed by atoms with Crippen molar-refractivity contribution in [1.29, 1.82) is 0 Å². The van der Waals surface area contributed by atoms with Gasteiger partial charge in [0.2, 0.25) is 5.24 Å². The van der Waals surface area contributed by atoms with Crippen molar-refractivity contribution in [3.8, 4) is 0 Å². The van der Waals surface area contributed by atoms with Crippen LogP contribution in [0.25, 0.3) is 6.08 Å². The summed E-state index contributed by atoms with van der Waals surface area (Å²) < 4.78 is 0. The van der Waals surface area contributed by atoms with Crippen molar-refractivity contribution in [1.82, 2.24) is 0 Å². The van der Waals surface area contributed by atoms with E-state index in [0.29, 0.717) is 0 Å². The van der Waals surface area contributed by atoms with Crippen LogP contribution in [-0.4, -0.2) is 5.24 Å². The highest BCUT2D eigenvalue weighted by Gasteiger charge is 2.19. The van der Waals surface area contributed by atoms with E-state index in [-0.39, 0.29) is 11.2 Å². The maximum Gasteiger partial charge on any atom is 0.228 e. The summed E-state index contributed by atoms with van der Waals surface area (Å²) in [4.78, 5) is 12.1. The lowest BCUT2D eigenvalue weighted by Crippen LogP contribution is -2.11. The second-order valence-electron chi connectivity index (χ2n) is 2.78. The molecule has 1 nitrogen and oxygen atoms in total. The van der Waals surface area contributed by atoms with Crippen LogP contribution in [0.4, 0.5) is 0 Å². The van der Waals surface area contributed by atoms with Gasteiger partial charge < -0.3 is 0 Å². The lowest BCUT2D eigenvalue weighted by molar-refractivity contribution is -0.113. The van der Waals surface area contributed by atoms with Crippen LogP contribution in [-0.2, 0) is 11.2 Å². The number of halogens is 1. The van der Waals surface area contributed by atoms with Gasteiger partial charge in [-0.15, -0.1) is 11.3 Å². The predicted octanol–water partition coefficient (Wildman–Crippen LogP) is 2.70. The Labute approximate surface area is 79.7 Å². The number of carbonyl (C=O) groups excluding carboxylic acids is 1. The summed E-state index contributed by atoms with van der Waals surface area (Å²) in [5, 5.41) is 1.78. The highest BCUT2D eigenvalue weighted by atomic mass is 35.5. The molecule has 0 saturated heterocycles. The van der Waals surface area contributed by atoms with Gasteiger partial charge in [0.15, 0.2) is 0 Å². The van der Waals surface area contributed by atoms with Crippen LogP contribution in [0.2, 0.25) is 0 Å². The van der Waals surface area contributed by atoms with Crippen LogP contribution in [0.3, 0.4) is 0 Å². The first-order valence-corrected chi connectivity index (χ1v) is 4.97. The van der Waals surface area contributed by atoms with Gasteiger partial charge in [0.1, 0.15) is 0 Å². The van der Waals surface area contributed by atoms with Crippen LogP contribution in [0.5, 0.6) is 0 Å². The van der Waals surface area contributed by atoms with Crippen molar-refractivity contribution < 1.29 is 4.79 Å². The molecule has 1 aromatic heterocycles. The molecular formula is C9H7ClOS. The molecule has 0 spiro atoms. The molecule has 1 unspecified atom stereocenters. The van der Waals surface area contributed by atoms with Crippen LogP contribution in [0.15, 0.2) is 17.5 Å². The predicted molar refractivity (Wildman–Crippen MR) is 51.4 cm³/mol. The zero-order chi connectivity index (χ0) is 8.55. The number of thiophene rings is 1. The van der Waals surface area contributed by atoms with E-state index in [9.17, 15) is 4.79 Å². The van der Waals surface area contributed by atoms with Gasteiger partial charge in [-0.25, -0.2) is 0 Å². The minimum Gasteiger partial charge on any atom is -0.281 e. The number of carbonyl (C=O) groups is 1. The van der Waals surface area contributed by atoms with E-state index < -0.39 is 0 Å². The Kier molecular flexibility index (Phi) is 2.03. The third-order valence-corrected chi connectivity index (χ3v) is 3.20. The third-order valence-electron chi connectivity index (χ3n) is 1.99. The first kappa shape index (κ1) is 8.02. The molecule has 12 heavy (non-hydrogen) atoms. The van der Waals surface area contributed by atoms with E-state index in [4.69, 9.17) is 11.6 Å². The van der Waals surface area contributed by atoms with Gasteiger partial charge in [0, 0.05) is 4.88 Å². The van der Waals surface area contributed by atoms with Crippen LogP contribution >= 0.6 is 22.9 Å². The zero-order valence-corrected chi connectivity index (χ0v) is 7.86. The van der Waals surface area contributed by atoms with Crippen molar-refractivity contribution in [2.45, 2.75) is 6.42 Å². The van der Waals surface area contributed by atoms with E-state index in [1.807, 2.05) is 17.5 Å². The fourth-order valence-corrected chi connectivity index (χ4v) is 2.32. The van der Waals surface area contributed by atoms with E-state index in [0.717, 1.165) is 6.42 Å². The van der Waals surface area contributed by atoms with Gasteiger partial charge in [0.05, 0.1) is 5.92 Å². The summed E-state index contributed by atoms with van der Waals surface area (Å²) >= 11 is 7.10. The molecule has 1 atom stereocenters. The molecule has 1 aliphatic carbocycles. The lowest BCUT2D eigenvalue weighted by Gasteiger charge is -2.11. The smallest absolute Gasteiger partial charge is 0.228 e. The van der Waals surface area contributed by atoms with Gasteiger partial charge in [-0.3, -0.25) is 4.79 Å². The summed E-state index contributed by atoms with van der Waals surface area (Å²) in [6, 6.07) is 2.05. The van der Waals surface area contributed by atoms with Crippen molar-refractivity contribution in [2.24, 2.45) is 5.92 Å². The average Bonchev–Trinajstić information content (AvgIpc) is 2.49. The van der Waals surface area contributed by atoms with Gasteiger partial charge in [-0.1, -0.05) is 6.08 Å². The average molecular weight is 199 g/mol. The molecule has 0 fully saturated rings. The molecule has 0 bridgehead atoms. The summed E-state index contributed by atoms with van der Waals surface area (Å²) in [6.07, 6.45) is 4.63. The minimum atomic E-state index is -0.261. The van der Waals surface area contributed by atoms with Gasteiger partial charge in [-0.2, -0.15) is 0 Å². The number of allylic oxidation sites excluding steroid dienone is 1. The Morgan fingerprint density at radius 3 is 3.25 bits per heavy atom. The van der Waals surface area contributed by atoms with Crippen molar-refractivity contribution in [3.63, 3.8) is 0 Å². The number of hydrogen-bond donors (Lipinski definition) is 0. The molecule has 1 aromatic rings. The summed E-state index contributed by atoms with van der Waals surface area (Å²) in [5.74, 6) is -0.117. The fourth-order valence-electron chi connectivity index (χ4n) is 1.33. The van der Waals surface area contributed by atoms with Crippen molar-refractivity contribution >= 4 is 34.3 Å². The van der Waals surface area contributed by atoms with E-state index in [2.05, 4.69) is 6.07 Å².